The molecule has 0 aliphatic heterocycles. The number of phenols is 1. The van der Waals surface area contributed by atoms with Crippen LogP contribution in [0.1, 0.15) is 27.8 Å². The van der Waals surface area contributed by atoms with Crippen molar-refractivity contribution in [2.24, 2.45) is 0 Å². The Labute approximate surface area is 134 Å². The molecule has 0 radical (unpaired) electrons. The van der Waals surface area contributed by atoms with E-state index in [4.69, 9.17) is 5.11 Å². The molecule has 0 atom stereocenters. The predicted octanol–water partition coefficient (Wildman–Crippen LogP) is -0.194. The average Bonchev–Trinajstić information content (AvgIpc) is 1.86. The summed E-state index contributed by atoms with van der Waals surface area (Å²) in [4.78, 5) is 0. The first kappa shape index (κ1) is 13.1. The van der Waals surface area contributed by atoms with Crippen LogP contribution in [0.15, 0.2) is 24.3 Å². The second-order valence-electron chi connectivity index (χ2n) is 3.80. The molecule has 1 rings (SSSR count). The smallest absolute Gasteiger partial charge is 1.00 e. The van der Waals surface area contributed by atoms with Crippen molar-refractivity contribution in [3.05, 3.63) is 29.8 Å². The molecule has 0 unspecified atom stereocenters. The van der Waals surface area contributed by atoms with Crippen molar-refractivity contribution in [3.63, 3.8) is 0 Å². The standard InChI is InChI=1S/C10H14O.Cs.H/c1-10(2,3)8-4-6-9(11)7-5-8;;/h4-7,11H,1-3H3;;/q;+1;-1. The Bertz CT molecular complexity index is 238. The van der Waals surface area contributed by atoms with Gasteiger partial charge in [-0.05, 0) is 23.1 Å². The molecule has 1 nitrogen and oxygen atoms in total. The quantitative estimate of drug-likeness (QED) is 0.700. The van der Waals surface area contributed by atoms with Gasteiger partial charge in [-0.3, -0.25) is 0 Å². The zero-order valence-electron chi connectivity index (χ0n) is 9.26. The fourth-order valence-corrected chi connectivity index (χ4v) is 0.961. The maximum Gasteiger partial charge on any atom is 1.00 e. The largest absolute Gasteiger partial charge is 1.00 e. The molecule has 62 valence electrons. The molecule has 0 fully saturated rings. The molecule has 0 aliphatic rings. The van der Waals surface area contributed by atoms with Crippen LogP contribution < -0.4 is 68.9 Å². The van der Waals surface area contributed by atoms with E-state index in [-0.39, 0.29) is 75.7 Å². The van der Waals surface area contributed by atoms with Crippen molar-refractivity contribution >= 4 is 0 Å². The third-order valence-electron chi connectivity index (χ3n) is 1.73. The zero-order valence-corrected chi connectivity index (χ0v) is 14.5. The molecular formula is C10H15CsO. The molecule has 0 saturated heterocycles. The Balaban J connectivity index is 0. The van der Waals surface area contributed by atoms with Gasteiger partial charge >= 0.3 is 68.9 Å². The van der Waals surface area contributed by atoms with Gasteiger partial charge in [0.2, 0.25) is 0 Å². The van der Waals surface area contributed by atoms with E-state index in [1.807, 2.05) is 12.1 Å². The van der Waals surface area contributed by atoms with Crippen LogP contribution >= 0.6 is 0 Å². The first-order valence-corrected chi connectivity index (χ1v) is 3.79. The van der Waals surface area contributed by atoms with Gasteiger partial charge in [0.25, 0.3) is 0 Å². The monoisotopic (exact) mass is 284 g/mol. The number of rotatable bonds is 0. The first-order valence-electron chi connectivity index (χ1n) is 3.79. The van der Waals surface area contributed by atoms with Gasteiger partial charge in [0, 0.05) is 0 Å². The molecular weight excluding hydrogens is 269 g/mol. The van der Waals surface area contributed by atoms with E-state index < -0.39 is 0 Å². The van der Waals surface area contributed by atoms with Crippen molar-refractivity contribution in [2.75, 3.05) is 0 Å². The van der Waals surface area contributed by atoms with E-state index in [0.717, 1.165) is 0 Å². The predicted molar refractivity (Wildman–Crippen MR) is 47.9 cm³/mol. The summed E-state index contributed by atoms with van der Waals surface area (Å²) in [5, 5.41) is 9.02. The molecule has 1 N–H and O–H groups in total. The number of benzene rings is 1. The minimum atomic E-state index is 0. The molecule has 0 spiro atoms. The number of aromatic hydroxyl groups is 1. The van der Waals surface area contributed by atoms with Gasteiger partial charge in [-0.2, -0.15) is 0 Å². The molecule has 0 amide bonds. The second kappa shape index (κ2) is 5.08. The summed E-state index contributed by atoms with van der Waals surface area (Å²) in [5.74, 6) is 0.331. The second-order valence-corrected chi connectivity index (χ2v) is 3.80. The Morgan fingerprint density at radius 2 is 1.50 bits per heavy atom. The van der Waals surface area contributed by atoms with Gasteiger partial charge in [-0.25, -0.2) is 0 Å². The third kappa shape index (κ3) is 3.85. The van der Waals surface area contributed by atoms with Crippen LogP contribution in [0.3, 0.4) is 0 Å². The van der Waals surface area contributed by atoms with Crippen molar-refractivity contribution in [1.29, 1.82) is 0 Å². The topological polar surface area (TPSA) is 20.2 Å². The fourth-order valence-electron chi connectivity index (χ4n) is 0.961. The fraction of sp³-hybridized carbons (Fsp3) is 0.400. The van der Waals surface area contributed by atoms with Crippen LogP contribution in [0.5, 0.6) is 5.75 Å². The van der Waals surface area contributed by atoms with Crippen LogP contribution in [0.25, 0.3) is 0 Å². The van der Waals surface area contributed by atoms with E-state index in [9.17, 15) is 0 Å². The van der Waals surface area contributed by atoms with Crippen molar-refractivity contribution in [3.8, 4) is 5.75 Å². The molecule has 1 aromatic carbocycles. The normalized spacial score (nSPS) is 10.6. The Hall–Kier alpha value is 1.07. The Morgan fingerprint density at radius 3 is 1.83 bits per heavy atom. The average molecular weight is 284 g/mol. The SMILES string of the molecule is CC(C)(C)c1ccc(O)cc1.[Cs+].[H-]. The van der Waals surface area contributed by atoms with Gasteiger partial charge < -0.3 is 6.53 Å². The Morgan fingerprint density at radius 1 is 1.08 bits per heavy atom. The van der Waals surface area contributed by atoms with Crippen LogP contribution in [-0.4, -0.2) is 5.11 Å². The third-order valence-corrected chi connectivity index (χ3v) is 1.73. The summed E-state index contributed by atoms with van der Waals surface area (Å²) in [6, 6.07) is 7.35. The van der Waals surface area contributed by atoms with Gasteiger partial charge in [-0.15, -0.1) is 0 Å². The molecule has 2 heteroatoms. The van der Waals surface area contributed by atoms with Crippen molar-refractivity contribution < 1.29 is 75.4 Å². The summed E-state index contributed by atoms with van der Waals surface area (Å²) < 4.78 is 0. The summed E-state index contributed by atoms with van der Waals surface area (Å²) in [6.45, 7) is 6.46. The number of phenolic OH excluding ortho intramolecular Hbond substituents is 1. The van der Waals surface area contributed by atoms with Gasteiger partial charge in [0.1, 0.15) is 5.75 Å². The summed E-state index contributed by atoms with van der Waals surface area (Å²) in [7, 11) is 0. The molecule has 0 aromatic heterocycles. The van der Waals surface area contributed by atoms with Crippen molar-refractivity contribution in [1.82, 2.24) is 0 Å². The van der Waals surface area contributed by atoms with Gasteiger partial charge in [0.15, 0.2) is 0 Å². The minimum absolute atomic E-state index is 0. The van der Waals surface area contributed by atoms with E-state index in [1.165, 1.54) is 5.56 Å². The summed E-state index contributed by atoms with van der Waals surface area (Å²) >= 11 is 0. The van der Waals surface area contributed by atoms with Gasteiger partial charge in [0.05, 0.1) is 0 Å². The minimum Gasteiger partial charge on any atom is -1.00 e. The van der Waals surface area contributed by atoms with E-state index in [2.05, 4.69) is 20.8 Å². The number of hydrogen-bond acceptors (Lipinski definition) is 1. The molecule has 0 heterocycles. The van der Waals surface area contributed by atoms with Crippen LogP contribution in [0.2, 0.25) is 0 Å². The summed E-state index contributed by atoms with van der Waals surface area (Å²) in [6.07, 6.45) is 0. The van der Waals surface area contributed by atoms with Crippen molar-refractivity contribution in [2.45, 2.75) is 26.2 Å². The molecule has 1 aromatic rings. The molecule has 0 saturated carbocycles. The van der Waals surface area contributed by atoms with E-state index in [0.29, 0.717) is 5.75 Å². The van der Waals surface area contributed by atoms with E-state index in [1.54, 1.807) is 12.1 Å². The maximum absolute atomic E-state index is 9.02. The van der Waals surface area contributed by atoms with Crippen LogP contribution in [-0.2, 0) is 5.41 Å². The van der Waals surface area contributed by atoms with E-state index >= 15 is 0 Å². The molecule has 12 heavy (non-hydrogen) atoms. The molecule has 0 aliphatic carbocycles. The van der Waals surface area contributed by atoms with Crippen LogP contribution in [0.4, 0.5) is 0 Å². The molecule has 0 bridgehead atoms. The van der Waals surface area contributed by atoms with Gasteiger partial charge in [-0.1, -0.05) is 32.9 Å². The van der Waals surface area contributed by atoms with Crippen LogP contribution in [0, 0.1) is 0 Å². The number of hydrogen-bond donors (Lipinski definition) is 1. The Kier molecular flexibility index (Phi) is 5.53. The summed E-state index contributed by atoms with van der Waals surface area (Å²) in [5.41, 5.74) is 1.42. The zero-order chi connectivity index (χ0) is 8.48. The maximum atomic E-state index is 9.02. The first-order chi connectivity index (χ1) is 5.00.